The maximum absolute atomic E-state index is 4.11. The number of pyridine rings is 1. The van der Waals surface area contributed by atoms with Crippen molar-refractivity contribution in [1.29, 1.82) is 0 Å². The highest BCUT2D eigenvalue weighted by molar-refractivity contribution is 5.68. The summed E-state index contributed by atoms with van der Waals surface area (Å²) in [6.45, 7) is 6.13. The summed E-state index contributed by atoms with van der Waals surface area (Å²) in [6.07, 6.45) is 11.2. The molecule has 0 N–H and O–H groups in total. The lowest BCUT2D eigenvalue weighted by Crippen LogP contribution is -1.89. The van der Waals surface area contributed by atoms with E-state index in [9.17, 15) is 0 Å². The molecule has 1 aromatic heterocycles. The van der Waals surface area contributed by atoms with Gasteiger partial charge in [0, 0.05) is 12.4 Å². The Bertz CT molecular complexity index is 348. The highest BCUT2D eigenvalue weighted by Crippen LogP contribution is 2.20. The number of aromatic nitrogens is 1. The molecule has 1 aliphatic rings. The number of hydrogen-bond donors (Lipinski definition) is 0. The summed E-state index contributed by atoms with van der Waals surface area (Å²) in [5, 5.41) is 0. The van der Waals surface area contributed by atoms with E-state index in [0.717, 1.165) is 6.42 Å². The lowest BCUT2D eigenvalue weighted by atomic mass is 10.0. The van der Waals surface area contributed by atoms with E-state index in [2.05, 4.69) is 36.2 Å². The largest absolute Gasteiger partial charge is 0.264 e. The molecule has 1 aliphatic carbocycles. The molecule has 0 aromatic carbocycles. The van der Waals surface area contributed by atoms with Gasteiger partial charge in [0.1, 0.15) is 0 Å². The number of fused-ring (bicyclic) bond motifs is 1. The predicted octanol–water partition coefficient (Wildman–Crippen LogP) is 3.62. The third-order valence-electron chi connectivity index (χ3n) is 2.15. The van der Waals surface area contributed by atoms with Crippen molar-refractivity contribution < 1.29 is 0 Å². The van der Waals surface area contributed by atoms with Crippen LogP contribution in [0.5, 0.6) is 0 Å². The Morgan fingerprint density at radius 1 is 1.29 bits per heavy atom. The van der Waals surface area contributed by atoms with E-state index < -0.39 is 0 Å². The van der Waals surface area contributed by atoms with Gasteiger partial charge in [-0.25, -0.2) is 0 Å². The van der Waals surface area contributed by atoms with Crippen LogP contribution >= 0.6 is 0 Å². The van der Waals surface area contributed by atoms with Crippen LogP contribution in [0.25, 0.3) is 5.57 Å². The molecular formula is C13H17N. The summed E-state index contributed by atoms with van der Waals surface area (Å²) >= 11 is 0. The van der Waals surface area contributed by atoms with Crippen LogP contribution in [0, 0.1) is 0 Å². The summed E-state index contributed by atoms with van der Waals surface area (Å²) in [5.74, 6) is 0. The third-order valence-corrected chi connectivity index (χ3v) is 2.15. The third kappa shape index (κ3) is 2.32. The first-order chi connectivity index (χ1) is 6.88. The van der Waals surface area contributed by atoms with Gasteiger partial charge in [-0.3, -0.25) is 4.98 Å². The number of nitrogens with zero attached hydrogens (tertiary/aromatic N) is 1. The fraction of sp³-hybridized carbons (Fsp3) is 0.308. The van der Waals surface area contributed by atoms with E-state index in [1.807, 2.05) is 26.2 Å². The molecule has 0 radical (unpaired) electrons. The van der Waals surface area contributed by atoms with Crippen molar-refractivity contribution in [3.8, 4) is 0 Å². The molecule has 14 heavy (non-hydrogen) atoms. The normalized spacial score (nSPS) is 13.2. The fourth-order valence-electron chi connectivity index (χ4n) is 1.47. The Hall–Kier alpha value is -1.37. The fourth-order valence-corrected chi connectivity index (χ4v) is 1.47. The first-order valence-electron chi connectivity index (χ1n) is 5.14. The van der Waals surface area contributed by atoms with Gasteiger partial charge in [-0.15, -0.1) is 0 Å². The maximum atomic E-state index is 4.11. The molecule has 2 rings (SSSR count). The molecule has 74 valence electrons. The van der Waals surface area contributed by atoms with Crippen molar-refractivity contribution >= 4 is 5.57 Å². The van der Waals surface area contributed by atoms with Crippen molar-refractivity contribution in [2.45, 2.75) is 27.2 Å². The van der Waals surface area contributed by atoms with Crippen molar-refractivity contribution in [3.63, 3.8) is 0 Å². The van der Waals surface area contributed by atoms with Gasteiger partial charge in [0.05, 0.1) is 0 Å². The van der Waals surface area contributed by atoms with E-state index in [0.29, 0.717) is 0 Å². The Morgan fingerprint density at radius 2 is 2.07 bits per heavy atom. The molecule has 1 heterocycles. The monoisotopic (exact) mass is 187 g/mol. The van der Waals surface area contributed by atoms with Gasteiger partial charge >= 0.3 is 0 Å². The Balaban J connectivity index is 0.000000461. The van der Waals surface area contributed by atoms with Gasteiger partial charge in [-0.1, -0.05) is 32.1 Å². The minimum atomic E-state index is 0.997. The second kappa shape index (κ2) is 5.38. The number of allylic oxidation sites excluding steroid dienone is 4. The zero-order valence-corrected chi connectivity index (χ0v) is 9.12. The molecule has 1 nitrogen and oxygen atoms in total. The van der Waals surface area contributed by atoms with Crippen LogP contribution in [0.15, 0.2) is 36.7 Å². The number of rotatable bonds is 0. The van der Waals surface area contributed by atoms with Gasteiger partial charge in [0.25, 0.3) is 0 Å². The van der Waals surface area contributed by atoms with E-state index in [4.69, 9.17) is 0 Å². The van der Waals surface area contributed by atoms with Crippen LogP contribution in [-0.2, 0) is 6.42 Å². The predicted molar refractivity (Wildman–Crippen MR) is 62.1 cm³/mol. The summed E-state index contributed by atoms with van der Waals surface area (Å²) in [5.41, 5.74) is 3.97. The standard InChI is InChI=1S/C11H11N.C2H6/c1-9-4-2-3-5-10-8-12-7-6-11(9)10;1-2/h2-4,6-8H,5H2,1H3;1-2H3. The summed E-state index contributed by atoms with van der Waals surface area (Å²) < 4.78 is 0. The topological polar surface area (TPSA) is 12.9 Å². The molecule has 1 heteroatoms. The molecule has 0 fully saturated rings. The Kier molecular flexibility index (Phi) is 4.11. The lowest BCUT2D eigenvalue weighted by molar-refractivity contribution is 1.18. The van der Waals surface area contributed by atoms with E-state index in [-0.39, 0.29) is 0 Å². The van der Waals surface area contributed by atoms with Crippen LogP contribution in [0.1, 0.15) is 31.9 Å². The quantitative estimate of drug-likeness (QED) is 0.604. The average molecular weight is 187 g/mol. The molecule has 0 unspecified atom stereocenters. The van der Waals surface area contributed by atoms with Gasteiger partial charge in [0.15, 0.2) is 0 Å². The molecule has 0 amide bonds. The van der Waals surface area contributed by atoms with Crippen LogP contribution in [0.2, 0.25) is 0 Å². The van der Waals surface area contributed by atoms with E-state index in [1.165, 1.54) is 16.7 Å². The lowest BCUT2D eigenvalue weighted by Gasteiger charge is -2.04. The number of hydrogen-bond acceptors (Lipinski definition) is 1. The van der Waals surface area contributed by atoms with Gasteiger partial charge in [0.2, 0.25) is 0 Å². The van der Waals surface area contributed by atoms with Crippen LogP contribution in [-0.4, -0.2) is 4.98 Å². The van der Waals surface area contributed by atoms with E-state index >= 15 is 0 Å². The van der Waals surface area contributed by atoms with Crippen LogP contribution < -0.4 is 0 Å². The van der Waals surface area contributed by atoms with E-state index in [1.54, 1.807) is 0 Å². The molecule has 1 aromatic rings. The highest BCUT2D eigenvalue weighted by atomic mass is 14.6. The van der Waals surface area contributed by atoms with Crippen molar-refractivity contribution in [3.05, 3.63) is 47.8 Å². The smallest absolute Gasteiger partial charge is 0.0309 e. The highest BCUT2D eigenvalue weighted by Gasteiger charge is 2.03. The summed E-state index contributed by atoms with van der Waals surface area (Å²) in [6, 6.07) is 2.08. The molecule has 0 atom stereocenters. The van der Waals surface area contributed by atoms with Crippen LogP contribution in [0.4, 0.5) is 0 Å². The van der Waals surface area contributed by atoms with Crippen molar-refractivity contribution in [1.82, 2.24) is 4.98 Å². The molecule has 0 saturated carbocycles. The average Bonchev–Trinajstić information content (AvgIpc) is 2.45. The maximum Gasteiger partial charge on any atom is 0.0309 e. The summed E-state index contributed by atoms with van der Waals surface area (Å²) in [7, 11) is 0. The van der Waals surface area contributed by atoms with Crippen molar-refractivity contribution in [2.24, 2.45) is 0 Å². The van der Waals surface area contributed by atoms with Gasteiger partial charge in [-0.2, -0.15) is 0 Å². The molecule has 0 saturated heterocycles. The zero-order chi connectivity index (χ0) is 10.4. The minimum absolute atomic E-state index is 0.997. The molecule has 0 bridgehead atoms. The van der Waals surface area contributed by atoms with Gasteiger partial charge < -0.3 is 0 Å². The molecular weight excluding hydrogens is 170 g/mol. The Morgan fingerprint density at radius 3 is 2.86 bits per heavy atom. The van der Waals surface area contributed by atoms with Crippen molar-refractivity contribution in [2.75, 3.05) is 0 Å². The first kappa shape index (κ1) is 10.7. The SMILES string of the molecule is CC.CC1=CC=CCc2cnccc21. The minimum Gasteiger partial charge on any atom is -0.264 e. The van der Waals surface area contributed by atoms with Gasteiger partial charge in [-0.05, 0) is 36.1 Å². The second-order valence-corrected chi connectivity index (χ2v) is 3.01. The second-order valence-electron chi connectivity index (χ2n) is 3.01. The van der Waals surface area contributed by atoms with Crippen LogP contribution in [0.3, 0.4) is 0 Å². The Labute approximate surface area is 86.2 Å². The molecule has 0 spiro atoms. The first-order valence-corrected chi connectivity index (χ1v) is 5.14. The molecule has 0 aliphatic heterocycles. The summed E-state index contributed by atoms with van der Waals surface area (Å²) in [4.78, 5) is 4.11. The zero-order valence-electron chi connectivity index (χ0n) is 9.12.